The maximum Gasteiger partial charge on any atom is 0.323 e. The summed E-state index contributed by atoms with van der Waals surface area (Å²) in [7, 11) is 1.48. The van der Waals surface area contributed by atoms with Crippen LogP contribution in [-0.4, -0.2) is 35.5 Å². The molecular weight excluding hydrogens is 258 g/mol. The maximum absolute atomic E-state index is 12.0. The van der Waals surface area contributed by atoms with Crippen LogP contribution in [0.2, 0.25) is 0 Å². The second-order valence-corrected chi connectivity index (χ2v) is 5.01. The molecule has 0 unspecified atom stereocenters. The topological polar surface area (TPSA) is 70.8 Å². The van der Waals surface area contributed by atoms with E-state index < -0.39 is 5.97 Å². The lowest BCUT2D eigenvalue weighted by Crippen LogP contribution is -2.32. The zero-order valence-corrected chi connectivity index (χ0v) is 11.8. The van der Waals surface area contributed by atoms with Gasteiger partial charge in [0.05, 0.1) is 12.7 Å². The molecule has 1 heterocycles. The first-order valence-corrected chi connectivity index (χ1v) is 6.31. The lowest BCUT2D eigenvalue weighted by atomic mass is 10.0. The van der Waals surface area contributed by atoms with Crippen molar-refractivity contribution in [2.45, 2.75) is 20.3 Å². The van der Waals surface area contributed by atoms with Crippen molar-refractivity contribution in [1.29, 1.82) is 0 Å². The van der Waals surface area contributed by atoms with Crippen LogP contribution in [0, 0.1) is 13.8 Å². The monoisotopic (exact) mass is 275 g/mol. The molecule has 1 amide bonds. The molecule has 1 aromatic carbocycles. The Morgan fingerprint density at radius 2 is 1.90 bits per heavy atom. The number of likely N-dealkylation sites (N-methyl/N-ethyl adjacent to an activating group) is 1. The number of carbonyl (C=O) groups is 2. The molecule has 0 aliphatic rings. The van der Waals surface area contributed by atoms with E-state index in [0.29, 0.717) is 0 Å². The molecule has 1 aromatic heterocycles. The molecular formula is C15H17NO4. The number of hydrogen-bond acceptors (Lipinski definition) is 3. The van der Waals surface area contributed by atoms with Crippen molar-refractivity contribution in [3.8, 4) is 0 Å². The van der Waals surface area contributed by atoms with Crippen molar-refractivity contribution < 1.29 is 19.1 Å². The Balaban J connectivity index is 2.24. The molecule has 0 aliphatic carbocycles. The first-order chi connectivity index (χ1) is 9.38. The number of aryl methyl sites for hydroxylation is 2. The number of fused-ring (bicyclic) bond motifs is 1. The zero-order chi connectivity index (χ0) is 14.9. The van der Waals surface area contributed by atoms with Gasteiger partial charge in [-0.3, -0.25) is 9.59 Å². The van der Waals surface area contributed by atoms with Crippen LogP contribution in [0.1, 0.15) is 16.7 Å². The first kappa shape index (κ1) is 14.1. The predicted octanol–water partition coefficient (Wildman–Crippen LogP) is 2.14. The van der Waals surface area contributed by atoms with E-state index >= 15 is 0 Å². The number of amides is 1. The molecule has 5 heteroatoms. The van der Waals surface area contributed by atoms with E-state index in [9.17, 15) is 9.59 Å². The Labute approximate surface area is 116 Å². The fraction of sp³-hybridized carbons (Fsp3) is 0.333. The largest absolute Gasteiger partial charge is 0.480 e. The van der Waals surface area contributed by atoms with Crippen molar-refractivity contribution in [1.82, 2.24) is 4.90 Å². The van der Waals surface area contributed by atoms with Crippen molar-refractivity contribution in [2.24, 2.45) is 0 Å². The predicted molar refractivity (Wildman–Crippen MR) is 74.7 cm³/mol. The van der Waals surface area contributed by atoms with Crippen LogP contribution < -0.4 is 0 Å². The Morgan fingerprint density at radius 1 is 1.25 bits per heavy atom. The molecule has 0 bridgehead atoms. The summed E-state index contributed by atoms with van der Waals surface area (Å²) >= 11 is 0. The van der Waals surface area contributed by atoms with Gasteiger partial charge >= 0.3 is 5.97 Å². The summed E-state index contributed by atoms with van der Waals surface area (Å²) < 4.78 is 5.46. The molecule has 0 spiro atoms. The van der Waals surface area contributed by atoms with Crippen LogP contribution in [0.4, 0.5) is 0 Å². The van der Waals surface area contributed by atoms with Crippen LogP contribution >= 0.6 is 0 Å². The van der Waals surface area contributed by atoms with Gasteiger partial charge in [-0.05, 0) is 37.1 Å². The molecule has 106 valence electrons. The number of hydrogen-bond donors (Lipinski definition) is 1. The molecule has 1 N–H and O–H groups in total. The number of nitrogens with zero attached hydrogens (tertiary/aromatic N) is 1. The fourth-order valence-electron chi connectivity index (χ4n) is 2.06. The Morgan fingerprint density at radius 3 is 2.55 bits per heavy atom. The molecule has 2 rings (SSSR count). The standard InChI is InChI=1S/C15H17NO4/c1-9-4-12-11(8-20-13(12)5-10(9)2)6-14(17)16(3)7-15(18)19/h4-5,8H,6-7H2,1-3H3,(H,18,19). The molecule has 5 nitrogen and oxygen atoms in total. The molecule has 2 aromatic rings. The number of carboxylic acids is 1. The van der Waals surface area contributed by atoms with Crippen LogP contribution in [0.25, 0.3) is 11.0 Å². The third-order valence-corrected chi connectivity index (χ3v) is 3.41. The molecule has 0 saturated carbocycles. The summed E-state index contributed by atoms with van der Waals surface area (Å²) in [6.07, 6.45) is 1.70. The summed E-state index contributed by atoms with van der Waals surface area (Å²) in [6, 6.07) is 3.94. The van der Waals surface area contributed by atoms with Crippen molar-refractivity contribution in [2.75, 3.05) is 13.6 Å². The van der Waals surface area contributed by atoms with E-state index in [4.69, 9.17) is 9.52 Å². The van der Waals surface area contributed by atoms with Crippen molar-refractivity contribution in [3.63, 3.8) is 0 Å². The van der Waals surface area contributed by atoms with Gasteiger partial charge in [0.15, 0.2) is 0 Å². The molecule has 0 atom stereocenters. The van der Waals surface area contributed by atoms with Crippen LogP contribution in [0.15, 0.2) is 22.8 Å². The number of aliphatic carboxylic acids is 1. The second-order valence-electron chi connectivity index (χ2n) is 5.01. The number of benzene rings is 1. The highest BCUT2D eigenvalue weighted by atomic mass is 16.4. The van der Waals surface area contributed by atoms with E-state index in [2.05, 4.69) is 0 Å². The van der Waals surface area contributed by atoms with Gasteiger partial charge in [0, 0.05) is 18.0 Å². The highest BCUT2D eigenvalue weighted by Gasteiger charge is 2.16. The minimum absolute atomic E-state index is 0.138. The molecule has 20 heavy (non-hydrogen) atoms. The van der Waals surface area contributed by atoms with Gasteiger partial charge in [-0.15, -0.1) is 0 Å². The third kappa shape index (κ3) is 2.82. The second kappa shape index (κ2) is 5.36. The summed E-state index contributed by atoms with van der Waals surface area (Å²) in [5, 5.41) is 9.59. The molecule has 0 saturated heterocycles. The number of furan rings is 1. The van der Waals surface area contributed by atoms with Crippen molar-refractivity contribution in [3.05, 3.63) is 35.1 Å². The fourth-order valence-corrected chi connectivity index (χ4v) is 2.06. The van der Waals surface area contributed by atoms with Gasteiger partial charge < -0.3 is 14.4 Å². The molecule has 0 fully saturated rings. The zero-order valence-electron chi connectivity index (χ0n) is 11.8. The lowest BCUT2D eigenvalue weighted by Gasteiger charge is -2.13. The first-order valence-electron chi connectivity index (χ1n) is 6.31. The highest BCUT2D eigenvalue weighted by Crippen LogP contribution is 2.25. The highest BCUT2D eigenvalue weighted by molar-refractivity contribution is 5.89. The number of carbonyl (C=O) groups excluding carboxylic acids is 1. The van der Waals surface area contributed by atoms with E-state index in [1.54, 1.807) is 6.26 Å². The van der Waals surface area contributed by atoms with E-state index in [1.807, 2.05) is 26.0 Å². The normalized spacial score (nSPS) is 10.8. The Kier molecular flexibility index (Phi) is 3.79. The van der Waals surface area contributed by atoms with E-state index in [-0.39, 0.29) is 18.9 Å². The third-order valence-electron chi connectivity index (χ3n) is 3.41. The Hall–Kier alpha value is -2.30. The van der Waals surface area contributed by atoms with E-state index in [1.165, 1.54) is 11.9 Å². The number of rotatable bonds is 4. The van der Waals surface area contributed by atoms with Crippen LogP contribution in [0.5, 0.6) is 0 Å². The molecule has 0 radical (unpaired) electrons. The summed E-state index contributed by atoms with van der Waals surface area (Å²) in [4.78, 5) is 23.8. The smallest absolute Gasteiger partial charge is 0.323 e. The van der Waals surface area contributed by atoms with Gasteiger partial charge in [0.1, 0.15) is 12.1 Å². The van der Waals surface area contributed by atoms with Crippen molar-refractivity contribution >= 4 is 22.8 Å². The summed E-state index contributed by atoms with van der Waals surface area (Å²) in [5.74, 6) is -1.27. The molecule has 0 aliphatic heterocycles. The maximum atomic E-state index is 12.0. The minimum Gasteiger partial charge on any atom is -0.480 e. The van der Waals surface area contributed by atoms with Gasteiger partial charge in [-0.2, -0.15) is 0 Å². The van der Waals surface area contributed by atoms with Gasteiger partial charge in [-0.1, -0.05) is 0 Å². The summed E-state index contributed by atoms with van der Waals surface area (Å²) in [6.45, 7) is 3.71. The quantitative estimate of drug-likeness (QED) is 0.928. The van der Waals surface area contributed by atoms with Gasteiger partial charge in [0.25, 0.3) is 0 Å². The van der Waals surface area contributed by atoms with Gasteiger partial charge in [0.2, 0.25) is 5.91 Å². The number of carboxylic acid groups (broad SMARTS) is 1. The van der Waals surface area contributed by atoms with Gasteiger partial charge in [-0.25, -0.2) is 0 Å². The van der Waals surface area contributed by atoms with E-state index in [0.717, 1.165) is 27.7 Å². The Bertz CT molecular complexity index is 672. The SMILES string of the molecule is Cc1cc2occ(CC(=O)N(C)CC(=O)O)c2cc1C. The lowest BCUT2D eigenvalue weighted by molar-refractivity contribution is -0.143. The van der Waals surface area contributed by atoms with Crippen LogP contribution in [-0.2, 0) is 16.0 Å². The van der Waals surface area contributed by atoms with Crippen LogP contribution in [0.3, 0.4) is 0 Å². The minimum atomic E-state index is -1.02. The average Bonchev–Trinajstić information content (AvgIpc) is 2.72. The average molecular weight is 275 g/mol. The summed E-state index contributed by atoms with van der Waals surface area (Å²) in [5.41, 5.74) is 3.79.